The van der Waals surface area contributed by atoms with E-state index in [9.17, 15) is 18.3 Å². The van der Waals surface area contributed by atoms with Gasteiger partial charge < -0.3 is 15.2 Å². The number of fused-ring (bicyclic) bond motifs is 1. The van der Waals surface area contributed by atoms with E-state index < -0.39 is 27.4 Å². The Kier molecular flexibility index (Phi) is 10.5. The van der Waals surface area contributed by atoms with Gasteiger partial charge in [0.25, 0.3) is 0 Å². The zero-order valence-corrected chi connectivity index (χ0v) is 23.9. The molecular weight excluding hydrogens is 508 g/mol. The molecule has 0 saturated heterocycles. The highest BCUT2D eigenvalue weighted by Gasteiger charge is 2.42. The van der Waals surface area contributed by atoms with Gasteiger partial charge in [0.2, 0.25) is 0 Å². The van der Waals surface area contributed by atoms with Crippen molar-refractivity contribution in [3.05, 3.63) is 59.2 Å². The Morgan fingerprint density at radius 2 is 2.00 bits per heavy atom. The molecule has 37 heavy (non-hydrogen) atoms. The number of benzene rings is 2. The minimum Gasteiger partial charge on any atom is -0.496 e. The molecule has 1 heterocycles. The van der Waals surface area contributed by atoms with E-state index in [1.807, 2.05) is 49.6 Å². The Labute approximate surface area is 225 Å². The number of hydrogen-bond donors (Lipinski definition) is 3. The van der Waals surface area contributed by atoms with Gasteiger partial charge >= 0.3 is 5.97 Å². The van der Waals surface area contributed by atoms with Crippen LogP contribution in [0.3, 0.4) is 0 Å². The van der Waals surface area contributed by atoms with Crippen LogP contribution in [-0.2, 0) is 21.2 Å². The van der Waals surface area contributed by atoms with E-state index in [0.29, 0.717) is 35.5 Å². The van der Waals surface area contributed by atoms with Crippen molar-refractivity contribution < 1.29 is 23.1 Å². The van der Waals surface area contributed by atoms with Crippen molar-refractivity contribution in [2.75, 3.05) is 24.9 Å². The van der Waals surface area contributed by atoms with Crippen LogP contribution in [0.15, 0.2) is 47.4 Å². The minimum atomic E-state index is -3.65. The first kappa shape index (κ1) is 29.5. The number of carboxylic acid groups (broad SMARTS) is 1. The third kappa shape index (κ3) is 7.07. The van der Waals surface area contributed by atoms with E-state index in [1.165, 1.54) is 0 Å². The number of nitrogens with one attached hydrogen (secondary N) is 2. The number of unbranched alkanes of at least 4 members (excludes halogenated alkanes) is 1. The van der Waals surface area contributed by atoms with Crippen LogP contribution < -0.4 is 15.4 Å². The van der Waals surface area contributed by atoms with Crippen LogP contribution in [0.4, 0.5) is 0 Å². The summed E-state index contributed by atoms with van der Waals surface area (Å²) >= 11 is 1.59. The molecule has 2 aromatic carbocycles. The van der Waals surface area contributed by atoms with E-state index in [0.717, 1.165) is 24.8 Å². The molecule has 1 aliphatic heterocycles. The highest BCUT2D eigenvalue weighted by atomic mass is 32.2. The van der Waals surface area contributed by atoms with Crippen molar-refractivity contribution >= 4 is 27.6 Å². The smallest absolute Gasteiger partial charge is 0.320 e. The number of carbonyl (C=O) groups is 1. The highest BCUT2D eigenvalue weighted by Crippen LogP contribution is 2.40. The lowest BCUT2D eigenvalue weighted by molar-refractivity contribution is -0.139. The summed E-state index contributed by atoms with van der Waals surface area (Å²) in [4.78, 5) is 12.0. The van der Waals surface area contributed by atoms with Crippen LogP contribution >= 0.6 is 11.8 Å². The van der Waals surface area contributed by atoms with Gasteiger partial charge in [-0.2, -0.15) is 11.8 Å². The van der Waals surface area contributed by atoms with Gasteiger partial charge in [0.05, 0.1) is 23.8 Å². The minimum absolute atomic E-state index is 0.0114. The molecule has 3 atom stereocenters. The van der Waals surface area contributed by atoms with Crippen molar-refractivity contribution in [2.24, 2.45) is 0 Å². The summed E-state index contributed by atoms with van der Waals surface area (Å²) in [5.74, 6) is 0.335. The van der Waals surface area contributed by atoms with Crippen LogP contribution in [0.25, 0.3) is 0 Å². The van der Waals surface area contributed by atoms with Gasteiger partial charge in [0.1, 0.15) is 11.8 Å². The van der Waals surface area contributed by atoms with E-state index in [2.05, 4.69) is 17.6 Å². The summed E-state index contributed by atoms with van der Waals surface area (Å²) in [7, 11) is -2.09. The van der Waals surface area contributed by atoms with Gasteiger partial charge in [-0.3, -0.25) is 10.1 Å². The lowest BCUT2D eigenvalue weighted by Crippen LogP contribution is -2.50. The van der Waals surface area contributed by atoms with E-state index in [-0.39, 0.29) is 23.2 Å². The van der Waals surface area contributed by atoms with Crippen LogP contribution in [0.2, 0.25) is 0 Å². The second-order valence-corrected chi connectivity index (χ2v) is 12.7. The Balaban J connectivity index is 2.12. The molecule has 0 unspecified atom stereocenters. The van der Waals surface area contributed by atoms with Crippen molar-refractivity contribution in [3.8, 4) is 5.75 Å². The zero-order chi connectivity index (χ0) is 27.1. The van der Waals surface area contributed by atoms with Crippen LogP contribution in [0.1, 0.15) is 68.7 Å². The molecule has 0 radical (unpaired) electrons. The van der Waals surface area contributed by atoms with Gasteiger partial charge in [-0.05, 0) is 54.5 Å². The predicted octanol–water partition coefficient (Wildman–Crippen LogP) is 4.80. The van der Waals surface area contributed by atoms with Crippen molar-refractivity contribution in [3.63, 3.8) is 0 Å². The number of rotatable bonds is 13. The summed E-state index contributed by atoms with van der Waals surface area (Å²) in [5, 5.41) is 16.5. The number of sulfone groups is 1. The molecule has 0 spiro atoms. The first-order chi connectivity index (χ1) is 17.7. The first-order valence-electron chi connectivity index (χ1n) is 12.9. The standard InChI is InChI=1S/C28H40N2O5S2/c1-5-7-14-28(6-2)19-37(33,34)25-16-21(18-29-23(27(31)32)13-15-36-4)24(35-3)17-22(25)26(30-28)20-11-9-8-10-12-20/h8-12,16-17,23,26,29-30H,5-7,13-15,18-19H2,1-4H3,(H,31,32)/t23-,26+,28+/m0/s1. The molecule has 0 aromatic heterocycles. The topological polar surface area (TPSA) is 105 Å². The van der Waals surface area contributed by atoms with E-state index >= 15 is 0 Å². The fourth-order valence-electron chi connectivity index (χ4n) is 5.04. The van der Waals surface area contributed by atoms with E-state index in [1.54, 1.807) is 24.9 Å². The fraction of sp³-hybridized carbons (Fsp3) is 0.536. The van der Waals surface area contributed by atoms with Crippen molar-refractivity contribution in [2.45, 2.75) is 75.0 Å². The summed E-state index contributed by atoms with van der Waals surface area (Å²) in [5.41, 5.74) is 1.72. The molecule has 7 nitrogen and oxygen atoms in total. The maximum atomic E-state index is 13.9. The predicted molar refractivity (Wildman–Crippen MR) is 150 cm³/mol. The highest BCUT2D eigenvalue weighted by molar-refractivity contribution is 7.98. The number of methoxy groups -OCH3 is 1. The lowest BCUT2D eigenvalue weighted by atomic mass is 9.88. The molecular formula is C28H40N2O5S2. The van der Waals surface area contributed by atoms with Crippen molar-refractivity contribution in [1.82, 2.24) is 10.6 Å². The second kappa shape index (κ2) is 13.1. The molecule has 0 fully saturated rings. The molecule has 1 aliphatic rings. The number of thioether (sulfide) groups is 1. The maximum Gasteiger partial charge on any atom is 0.320 e. The summed E-state index contributed by atoms with van der Waals surface area (Å²) in [6.45, 7) is 4.36. The SMILES string of the molecule is CCCC[C@]1(CC)CS(=O)(=O)c2cc(CN[C@@H](CCSC)C(=O)O)c(OC)cc2[C@@H](c2ccccc2)N1. The van der Waals surface area contributed by atoms with Gasteiger partial charge in [0.15, 0.2) is 9.84 Å². The average molecular weight is 549 g/mol. The Morgan fingerprint density at radius 3 is 2.59 bits per heavy atom. The molecule has 2 aromatic rings. The number of aliphatic carboxylic acids is 1. The number of ether oxygens (including phenoxy) is 1. The van der Waals surface area contributed by atoms with Crippen molar-refractivity contribution in [1.29, 1.82) is 0 Å². The molecule has 0 aliphatic carbocycles. The third-order valence-corrected chi connectivity index (χ3v) is 9.84. The molecule has 0 amide bonds. The molecule has 0 saturated carbocycles. The Hall–Kier alpha value is -2.07. The quantitative estimate of drug-likeness (QED) is 0.328. The largest absolute Gasteiger partial charge is 0.496 e. The third-order valence-electron chi connectivity index (χ3n) is 7.24. The maximum absolute atomic E-state index is 13.9. The molecule has 3 N–H and O–H groups in total. The van der Waals surface area contributed by atoms with Gasteiger partial charge in [-0.25, -0.2) is 8.42 Å². The summed E-state index contributed by atoms with van der Waals surface area (Å²) < 4.78 is 33.6. The Morgan fingerprint density at radius 1 is 1.27 bits per heavy atom. The Bertz CT molecular complexity index is 1160. The first-order valence-corrected chi connectivity index (χ1v) is 16.0. The summed E-state index contributed by atoms with van der Waals surface area (Å²) in [6, 6.07) is 12.4. The zero-order valence-electron chi connectivity index (χ0n) is 22.2. The molecule has 9 heteroatoms. The summed E-state index contributed by atoms with van der Waals surface area (Å²) in [6.07, 6.45) is 5.77. The molecule has 3 rings (SSSR count). The monoisotopic (exact) mass is 548 g/mol. The fourth-order valence-corrected chi connectivity index (χ4v) is 7.68. The van der Waals surface area contributed by atoms with Gasteiger partial charge in [-0.15, -0.1) is 0 Å². The molecule has 0 bridgehead atoms. The van der Waals surface area contributed by atoms with Crippen LogP contribution in [0, 0.1) is 0 Å². The van der Waals surface area contributed by atoms with Crippen LogP contribution in [-0.4, -0.2) is 55.9 Å². The van der Waals surface area contributed by atoms with Crippen LogP contribution in [0.5, 0.6) is 5.75 Å². The number of hydrogen-bond acceptors (Lipinski definition) is 7. The second-order valence-electron chi connectivity index (χ2n) is 9.74. The molecule has 204 valence electrons. The average Bonchev–Trinajstić information content (AvgIpc) is 2.99. The van der Waals surface area contributed by atoms with Gasteiger partial charge in [0, 0.05) is 17.6 Å². The number of carboxylic acids is 1. The van der Waals surface area contributed by atoms with E-state index in [4.69, 9.17) is 4.74 Å². The van der Waals surface area contributed by atoms with Gasteiger partial charge in [-0.1, -0.05) is 57.0 Å². The normalized spacial score (nSPS) is 21.6. The lowest BCUT2D eigenvalue weighted by Gasteiger charge is -2.36.